The van der Waals surface area contributed by atoms with Crippen LogP contribution in [0.25, 0.3) is 0 Å². The Kier molecular flexibility index (Phi) is 7.33. The molecule has 2 aromatic carbocycles. The lowest BCUT2D eigenvalue weighted by atomic mass is 9.87. The van der Waals surface area contributed by atoms with Crippen LogP contribution in [0, 0.1) is 13.8 Å². The molecule has 4 nitrogen and oxygen atoms in total. The smallest absolute Gasteiger partial charge is 0.290 e. The molecular formula is C23H31N3OS. The highest BCUT2D eigenvalue weighted by Gasteiger charge is 2.14. The molecule has 150 valence electrons. The average Bonchev–Trinajstić information content (AvgIpc) is 2.62. The first kappa shape index (κ1) is 22.1. The van der Waals surface area contributed by atoms with Crippen LogP contribution >= 0.6 is 12.2 Å². The number of benzene rings is 2. The topological polar surface area (TPSA) is 59.6 Å². The molecule has 28 heavy (non-hydrogen) atoms. The lowest BCUT2D eigenvalue weighted by molar-refractivity contribution is 0.552. The van der Waals surface area contributed by atoms with Crippen LogP contribution < -0.4 is 15.8 Å². The molecule has 0 aliphatic heterocycles. The summed E-state index contributed by atoms with van der Waals surface area (Å²) in [6.07, 6.45) is 0.976. The van der Waals surface area contributed by atoms with Crippen LogP contribution in [0.4, 0.5) is 0 Å². The molecule has 5 heteroatoms. The molecule has 0 fully saturated rings. The zero-order chi connectivity index (χ0) is 20.9. The summed E-state index contributed by atoms with van der Waals surface area (Å²) in [4.78, 5) is 4.27. The van der Waals surface area contributed by atoms with Crippen LogP contribution in [0.5, 0.6) is 5.75 Å². The summed E-state index contributed by atoms with van der Waals surface area (Å²) in [6, 6.07) is 12.2. The first-order valence-corrected chi connectivity index (χ1v) is 9.94. The molecule has 0 amide bonds. The molecule has 0 radical (unpaired) electrons. The van der Waals surface area contributed by atoms with Gasteiger partial charge in [-0.05, 0) is 79.8 Å². The first-order valence-electron chi connectivity index (χ1n) is 9.53. The maximum absolute atomic E-state index is 6.13. The van der Waals surface area contributed by atoms with Crippen molar-refractivity contribution >= 4 is 23.2 Å². The van der Waals surface area contributed by atoms with E-state index in [-0.39, 0.29) is 10.6 Å². The zero-order valence-electron chi connectivity index (χ0n) is 17.7. The van der Waals surface area contributed by atoms with Gasteiger partial charge in [-0.3, -0.25) is 0 Å². The number of hydrogen-bond donors (Lipinski definition) is 2. The molecule has 0 aliphatic rings. The molecule has 0 spiro atoms. The molecule has 2 aromatic rings. The molecule has 0 saturated heterocycles. The van der Waals surface area contributed by atoms with Crippen LogP contribution in [-0.2, 0) is 11.8 Å². The standard InChI is InChI=1S/C23H31N3OS/c1-15-14-20(16(2)13-18(15)11-12-25-6)27-22(28)26-21(24)17-7-9-19(10-8-17)23(3,4)5/h7-10,13-14,25H,11-12H2,1-6H3,(H2,24,26,28). The first-order chi connectivity index (χ1) is 13.1. The van der Waals surface area contributed by atoms with E-state index in [9.17, 15) is 0 Å². The van der Waals surface area contributed by atoms with Gasteiger partial charge in [0, 0.05) is 5.56 Å². The minimum atomic E-state index is 0.0948. The number of likely N-dealkylation sites (N-methyl/N-ethyl adjacent to an activating group) is 1. The number of aliphatic imine (C=N–C) groups is 1. The van der Waals surface area contributed by atoms with Crippen molar-refractivity contribution in [1.82, 2.24) is 5.32 Å². The Balaban J connectivity index is 2.13. The molecule has 0 aliphatic carbocycles. The van der Waals surface area contributed by atoms with Crippen molar-refractivity contribution in [3.63, 3.8) is 0 Å². The third-order valence-electron chi connectivity index (χ3n) is 4.73. The van der Waals surface area contributed by atoms with Gasteiger partial charge >= 0.3 is 0 Å². The molecule has 3 N–H and O–H groups in total. The maximum Gasteiger partial charge on any atom is 0.290 e. The molecule has 2 rings (SSSR count). The molecular weight excluding hydrogens is 366 g/mol. The van der Waals surface area contributed by atoms with Crippen molar-refractivity contribution < 1.29 is 4.74 Å². The van der Waals surface area contributed by atoms with Gasteiger partial charge in [0.25, 0.3) is 5.17 Å². The van der Waals surface area contributed by atoms with E-state index in [1.54, 1.807) is 0 Å². The number of nitrogens with two attached hydrogens (primary N) is 1. The predicted molar refractivity (Wildman–Crippen MR) is 123 cm³/mol. The lowest BCUT2D eigenvalue weighted by Gasteiger charge is -2.19. The monoisotopic (exact) mass is 397 g/mol. The number of nitrogens with one attached hydrogen (secondary N) is 1. The summed E-state index contributed by atoms with van der Waals surface area (Å²) in [5.74, 6) is 1.07. The Bertz CT molecular complexity index is 865. The normalized spacial score (nSPS) is 12.1. The fraction of sp³-hybridized carbons (Fsp3) is 0.391. The number of rotatable bonds is 5. The van der Waals surface area contributed by atoms with E-state index in [4.69, 9.17) is 22.7 Å². The van der Waals surface area contributed by atoms with Crippen molar-refractivity contribution in [3.05, 3.63) is 64.2 Å². The number of amidine groups is 1. The number of nitrogens with zero attached hydrogens (tertiary/aromatic N) is 1. The van der Waals surface area contributed by atoms with Gasteiger partial charge in [-0.25, -0.2) is 0 Å². The van der Waals surface area contributed by atoms with Gasteiger partial charge in [0.15, 0.2) is 0 Å². The van der Waals surface area contributed by atoms with Crippen LogP contribution in [-0.4, -0.2) is 24.6 Å². The quantitative estimate of drug-likeness (QED) is 0.445. The second kappa shape index (κ2) is 9.30. The van der Waals surface area contributed by atoms with E-state index in [1.165, 1.54) is 16.7 Å². The summed E-state index contributed by atoms with van der Waals surface area (Å²) >= 11 is 5.30. The number of thiocarbonyl (C=S) groups is 1. The van der Waals surface area contributed by atoms with Crippen molar-refractivity contribution in [1.29, 1.82) is 0 Å². The molecule has 0 saturated carbocycles. The largest absolute Gasteiger partial charge is 0.430 e. The number of ether oxygens (including phenoxy) is 1. The third-order valence-corrected chi connectivity index (χ3v) is 4.91. The van der Waals surface area contributed by atoms with Gasteiger partial charge in [0.2, 0.25) is 0 Å². The Labute approximate surface area is 174 Å². The predicted octanol–water partition coefficient (Wildman–Crippen LogP) is 4.43. The van der Waals surface area contributed by atoms with Crippen LogP contribution in [0.1, 0.15) is 48.6 Å². The average molecular weight is 398 g/mol. The second-order valence-electron chi connectivity index (χ2n) is 8.09. The van der Waals surface area contributed by atoms with Crippen molar-refractivity contribution in [2.45, 2.75) is 46.5 Å². The minimum Gasteiger partial charge on any atom is -0.430 e. The maximum atomic E-state index is 6.13. The van der Waals surface area contributed by atoms with Crippen LogP contribution in [0.2, 0.25) is 0 Å². The Morgan fingerprint density at radius 3 is 2.32 bits per heavy atom. The van der Waals surface area contributed by atoms with Crippen molar-refractivity contribution in [2.75, 3.05) is 13.6 Å². The summed E-state index contributed by atoms with van der Waals surface area (Å²) in [5.41, 5.74) is 11.8. The van der Waals surface area contributed by atoms with Crippen LogP contribution in [0.15, 0.2) is 41.4 Å². The van der Waals surface area contributed by atoms with E-state index in [0.717, 1.165) is 29.8 Å². The molecule has 0 bridgehead atoms. The molecule has 0 aromatic heterocycles. The molecule has 0 heterocycles. The molecule has 0 unspecified atom stereocenters. The minimum absolute atomic E-state index is 0.0948. The number of hydrogen-bond acceptors (Lipinski definition) is 3. The van der Waals surface area contributed by atoms with Gasteiger partial charge < -0.3 is 15.8 Å². The Hall–Kier alpha value is -2.24. The van der Waals surface area contributed by atoms with Gasteiger partial charge in [-0.2, -0.15) is 4.99 Å². The van der Waals surface area contributed by atoms with E-state index in [0.29, 0.717) is 5.84 Å². The summed E-state index contributed by atoms with van der Waals surface area (Å²) in [6.45, 7) is 11.6. The highest BCUT2D eigenvalue weighted by Crippen LogP contribution is 2.24. The Morgan fingerprint density at radius 1 is 1.11 bits per heavy atom. The van der Waals surface area contributed by atoms with E-state index in [1.807, 2.05) is 32.2 Å². The molecule has 0 atom stereocenters. The summed E-state index contributed by atoms with van der Waals surface area (Å²) in [5, 5.41) is 3.29. The SMILES string of the molecule is CNCCc1cc(C)c(OC(=S)N=C(N)c2ccc(C(C)(C)C)cc2)cc1C. The van der Waals surface area contributed by atoms with Gasteiger partial charge in [-0.15, -0.1) is 0 Å². The third kappa shape index (κ3) is 5.88. The second-order valence-corrected chi connectivity index (χ2v) is 8.44. The fourth-order valence-corrected chi connectivity index (χ4v) is 3.10. The van der Waals surface area contributed by atoms with E-state index >= 15 is 0 Å². The van der Waals surface area contributed by atoms with Crippen molar-refractivity contribution in [2.24, 2.45) is 10.7 Å². The van der Waals surface area contributed by atoms with Gasteiger partial charge in [0.1, 0.15) is 11.6 Å². The summed E-state index contributed by atoms with van der Waals surface area (Å²) < 4.78 is 5.80. The van der Waals surface area contributed by atoms with Gasteiger partial charge in [-0.1, -0.05) is 51.1 Å². The van der Waals surface area contributed by atoms with Gasteiger partial charge in [0.05, 0.1) is 0 Å². The van der Waals surface area contributed by atoms with E-state index < -0.39 is 0 Å². The zero-order valence-corrected chi connectivity index (χ0v) is 18.5. The fourth-order valence-electron chi connectivity index (χ4n) is 2.91. The Morgan fingerprint density at radius 2 is 1.75 bits per heavy atom. The highest BCUT2D eigenvalue weighted by atomic mass is 32.1. The van der Waals surface area contributed by atoms with E-state index in [2.05, 4.69) is 56.2 Å². The summed E-state index contributed by atoms with van der Waals surface area (Å²) in [7, 11) is 1.96. The van der Waals surface area contributed by atoms with Crippen molar-refractivity contribution in [3.8, 4) is 5.75 Å². The lowest BCUT2D eigenvalue weighted by Crippen LogP contribution is -2.18. The number of aryl methyl sites for hydroxylation is 2. The highest BCUT2D eigenvalue weighted by molar-refractivity contribution is 7.80. The van der Waals surface area contributed by atoms with Crippen LogP contribution in [0.3, 0.4) is 0 Å².